The Balaban J connectivity index is 1.91. The minimum atomic E-state index is -0.0158. The second kappa shape index (κ2) is 4.98. The quantitative estimate of drug-likeness (QED) is 0.598. The lowest BCUT2D eigenvalue weighted by molar-refractivity contribution is 1.13. The molecule has 4 rings (SSSR count). The normalized spacial score (nSPS) is 11.2. The Morgan fingerprint density at radius 3 is 2.57 bits per heavy atom. The molecule has 0 aliphatic carbocycles. The number of pyridine rings is 1. The van der Waals surface area contributed by atoms with E-state index in [0.29, 0.717) is 16.9 Å². The fraction of sp³-hybridized carbons (Fsp3) is 0.111. The lowest BCUT2D eigenvalue weighted by Crippen LogP contribution is -2.10. The number of rotatable bonds is 2. The number of aromatic amines is 2. The lowest BCUT2D eigenvalue weighted by atomic mass is 10.1. The standard InChI is InChI=1S/C18H16N4O/c1-22(2)11-7-8-13-12(9-11)17(23)10-16(19-13)18-20-14-5-3-4-6-15(14)21-18/h3-10H,1-2H3,(H,19,23)(H,20,21). The van der Waals surface area contributed by atoms with Crippen molar-refractivity contribution in [2.24, 2.45) is 0 Å². The Bertz CT molecular complexity index is 1040. The lowest BCUT2D eigenvalue weighted by Gasteiger charge is -2.13. The van der Waals surface area contributed by atoms with Gasteiger partial charge in [0.1, 0.15) is 0 Å². The number of benzene rings is 2. The van der Waals surface area contributed by atoms with Crippen LogP contribution in [0, 0.1) is 0 Å². The van der Waals surface area contributed by atoms with Crippen molar-refractivity contribution in [1.82, 2.24) is 15.0 Å². The zero-order chi connectivity index (χ0) is 16.0. The van der Waals surface area contributed by atoms with Gasteiger partial charge in [-0.3, -0.25) is 4.79 Å². The van der Waals surface area contributed by atoms with Gasteiger partial charge in [-0.1, -0.05) is 12.1 Å². The van der Waals surface area contributed by atoms with Gasteiger partial charge < -0.3 is 14.9 Å². The van der Waals surface area contributed by atoms with Gasteiger partial charge in [-0.2, -0.15) is 0 Å². The predicted molar refractivity (Wildman–Crippen MR) is 94.0 cm³/mol. The summed E-state index contributed by atoms with van der Waals surface area (Å²) in [6.45, 7) is 0. The molecule has 5 nitrogen and oxygen atoms in total. The first-order valence-corrected chi connectivity index (χ1v) is 7.41. The molecule has 0 saturated carbocycles. The van der Waals surface area contributed by atoms with E-state index in [2.05, 4.69) is 15.0 Å². The molecule has 114 valence electrons. The molecule has 0 atom stereocenters. The van der Waals surface area contributed by atoms with E-state index < -0.39 is 0 Å². The number of H-pyrrole nitrogens is 2. The Morgan fingerprint density at radius 2 is 1.78 bits per heavy atom. The molecular weight excluding hydrogens is 288 g/mol. The summed E-state index contributed by atoms with van der Waals surface area (Å²) in [5.74, 6) is 0.668. The Kier molecular flexibility index (Phi) is 2.94. The zero-order valence-electron chi connectivity index (χ0n) is 12.9. The molecule has 0 radical (unpaired) electrons. The van der Waals surface area contributed by atoms with Gasteiger partial charge in [-0.25, -0.2) is 4.98 Å². The minimum absolute atomic E-state index is 0.0158. The molecule has 5 heteroatoms. The van der Waals surface area contributed by atoms with E-state index in [0.717, 1.165) is 22.2 Å². The van der Waals surface area contributed by atoms with Gasteiger partial charge in [0.2, 0.25) is 0 Å². The highest BCUT2D eigenvalue weighted by atomic mass is 16.1. The van der Waals surface area contributed by atoms with Crippen LogP contribution >= 0.6 is 0 Å². The van der Waals surface area contributed by atoms with Crippen LogP contribution in [0.4, 0.5) is 5.69 Å². The van der Waals surface area contributed by atoms with Crippen molar-refractivity contribution in [1.29, 1.82) is 0 Å². The Labute approximate surface area is 132 Å². The average molecular weight is 304 g/mol. The summed E-state index contributed by atoms with van der Waals surface area (Å²) in [7, 11) is 3.91. The van der Waals surface area contributed by atoms with Crippen molar-refractivity contribution in [3.63, 3.8) is 0 Å². The van der Waals surface area contributed by atoms with Crippen LogP contribution in [0.2, 0.25) is 0 Å². The largest absolute Gasteiger partial charge is 0.378 e. The fourth-order valence-corrected chi connectivity index (χ4v) is 2.72. The summed E-state index contributed by atoms with van der Waals surface area (Å²) in [6, 6.07) is 15.2. The number of anilines is 1. The summed E-state index contributed by atoms with van der Waals surface area (Å²) in [5.41, 5.74) is 4.31. The molecule has 4 aromatic rings. The van der Waals surface area contributed by atoms with Gasteiger partial charge in [-0.15, -0.1) is 0 Å². The van der Waals surface area contributed by atoms with Gasteiger partial charge >= 0.3 is 0 Å². The van der Waals surface area contributed by atoms with Gasteiger partial charge in [0.25, 0.3) is 0 Å². The molecule has 2 aromatic carbocycles. The van der Waals surface area contributed by atoms with Gasteiger partial charge in [0.05, 0.1) is 16.7 Å². The van der Waals surface area contributed by atoms with Crippen LogP contribution in [0.25, 0.3) is 33.5 Å². The van der Waals surface area contributed by atoms with E-state index in [4.69, 9.17) is 0 Å². The second-order valence-corrected chi connectivity index (χ2v) is 5.77. The maximum absolute atomic E-state index is 12.5. The summed E-state index contributed by atoms with van der Waals surface area (Å²) >= 11 is 0. The summed E-state index contributed by atoms with van der Waals surface area (Å²) < 4.78 is 0. The highest BCUT2D eigenvalue weighted by Gasteiger charge is 2.09. The molecule has 0 bridgehead atoms. The van der Waals surface area contributed by atoms with Gasteiger partial charge in [0.15, 0.2) is 11.3 Å². The highest BCUT2D eigenvalue weighted by molar-refractivity contribution is 5.85. The number of para-hydroxylation sites is 2. The number of nitrogens with one attached hydrogen (secondary N) is 2. The minimum Gasteiger partial charge on any atom is -0.378 e. The Hall–Kier alpha value is -3.08. The molecule has 2 aromatic heterocycles. The summed E-state index contributed by atoms with van der Waals surface area (Å²) in [6.07, 6.45) is 0. The summed E-state index contributed by atoms with van der Waals surface area (Å²) in [4.78, 5) is 25.5. The highest BCUT2D eigenvalue weighted by Crippen LogP contribution is 2.22. The molecular formula is C18H16N4O. The maximum atomic E-state index is 12.5. The van der Waals surface area contributed by atoms with Gasteiger partial charge in [-0.05, 0) is 30.3 Å². The van der Waals surface area contributed by atoms with E-state index in [1.807, 2.05) is 61.5 Å². The van der Waals surface area contributed by atoms with Gasteiger partial charge in [0, 0.05) is 36.8 Å². The Morgan fingerprint density at radius 1 is 0.957 bits per heavy atom. The smallest absolute Gasteiger partial charge is 0.190 e. The number of hydrogen-bond acceptors (Lipinski definition) is 3. The SMILES string of the molecule is CN(C)c1ccc2[nH]c(-c3nc4ccccc4[nH]3)cc(=O)c2c1. The summed E-state index contributed by atoms with van der Waals surface area (Å²) in [5, 5.41) is 0.677. The molecule has 0 aliphatic heterocycles. The number of fused-ring (bicyclic) bond motifs is 2. The molecule has 2 N–H and O–H groups in total. The van der Waals surface area contributed by atoms with Crippen LogP contribution < -0.4 is 10.3 Å². The van der Waals surface area contributed by atoms with Crippen molar-refractivity contribution in [2.75, 3.05) is 19.0 Å². The van der Waals surface area contributed by atoms with Crippen molar-refractivity contribution in [3.8, 4) is 11.5 Å². The third kappa shape index (κ3) is 2.26. The molecule has 0 amide bonds. The van der Waals surface area contributed by atoms with Crippen LogP contribution in [0.5, 0.6) is 0 Å². The third-order valence-electron chi connectivity index (χ3n) is 3.97. The first-order chi connectivity index (χ1) is 11.1. The van der Waals surface area contributed by atoms with E-state index in [9.17, 15) is 4.79 Å². The van der Waals surface area contributed by atoms with Crippen LogP contribution in [-0.2, 0) is 0 Å². The molecule has 0 spiro atoms. The molecule has 0 aliphatic rings. The van der Waals surface area contributed by atoms with E-state index in [1.54, 1.807) is 6.07 Å². The van der Waals surface area contributed by atoms with Crippen LogP contribution in [0.15, 0.2) is 53.3 Å². The van der Waals surface area contributed by atoms with E-state index in [-0.39, 0.29) is 5.43 Å². The molecule has 2 heterocycles. The van der Waals surface area contributed by atoms with Crippen molar-refractivity contribution < 1.29 is 0 Å². The number of nitrogens with zero attached hydrogens (tertiary/aromatic N) is 2. The zero-order valence-corrected chi connectivity index (χ0v) is 12.9. The van der Waals surface area contributed by atoms with E-state index in [1.165, 1.54) is 0 Å². The number of imidazole rings is 1. The van der Waals surface area contributed by atoms with Crippen molar-refractivity contribution >= 4 is 27.6 Å². The van der Waals surface area contributed by atoms with Crippen molar-refractivity contribution in [2.45, 2.75) is 0 Å². The second-order valence-electron chi connectivity index (χ2n) is 5.77. The van der Waals surface area contributed by atoms with Crippen LogP contribution in [0.1, 0.15) is 0 Å². The first-order valence-electron chi connectivity index (χ1n) is 7.41. The first kappa shape index (κ1) is 13.6. The average Bonchev–Trinajstić information content (AvgIpc) is 2.98. The van der Waals surface area contributed by atoms with Crippen molar-refractivity contribution in [3.05, 3.63) is 58.8 Å². The number of aromatic nitrogens is 3. The third-order valence-corrected chi connectivity index (χ3v) is 3.97. The molecule has 0 unspecified atom stereocenters. The van der Waals surface area contributed by atoms with Crippen LogP contribution in [-0.4, -0.2) is 29.0 Å². The number of hydrogen-bond donors (Lipinski definition) is 2. The molecule has 0 saturated heterocycles. The van der Waals surface area contributed by atoms with E-state index >= 15 is 0 Å². The fourth-order valence-electron chi connectivity index (χ4n) is 2.72. The molecule has 0 fully saturated rings. The van der Waals surface area contributed by atoms with Crippen LogP contribution in [0.3, 0.4) is 0 Å². The monoisotopic (exact) mass is 304 g/mol. The topological polar surface area (TPSA) is 64.8 Å². The molecule has 23 heavy (non-hydrogen) atoms. The predicted octanol–water partition coefficient (Wildman–Crippen LogP) is 3.14. The maximum Gasteiger partial charge on any atom is 0.190 e.